The molecule has 0 saturated heterocycles. The molecule has 0 aliphatic heterocycles. The third-order valence-electron chi connectivity index (χ3n) is 5.11. The van der Waals surface area contributed by atoms with Crippen molar-refractivity contribution < 1.29 is 4.79 Å². The van der Waals surface area contributed by atoms with Gasteiger partial charge in [-0.2, -0.15) is 0 Å². The van der Waals surface area contributed by atoms with Gasteiger partial charge in [0.05, 0.1) is 5.92 Å². The van der Waals surface area contributed by atoms with Crippen LogP contribution in [-0.2, 0) is 4.79 Å². The maximum absolute atomic E-state index is 12.3. The Morgan fingerprint density at radius 3 is 2.47 bits per heavy atom. The summed E-state index contributed by atoms with van der Waals surface area (Å²) in [5.41, 5.74) is 6.15. The topological polar surface area (TPSA) is 55.1 Å². The van der Waals surface area contributed by atoms with Crippen molar-refractivity contribution in [1.82, 2.24) is 5.32 Å². The quantitative estimate of drug-likeness (QED) is 0.772. The lowest BCUT2D eigenvalue weighted by Crippen LogP contribution is -2.43. The molecule has 0 spiro atoms. The standard InChI is InChI=1S/C16H30N2O/c1-12-7-9-13(10-8-12)11-18-16(19)14-5-3-2-4-6-15(14)17/h12-15H,2-11,17H2,1H3,(H,18,19). The molecule has 2 atom stereocenters. The summed E-state index contributed by atoms with van der Waals surface area (Å²) in [6.07, 6.45) is 10.8. The van der Waals surface area contributed by atoms with Gasteiger partial charge in [0, 0.05) is 12.6 Å². The van der Waals surface area contributed by atoms with E-state index in [0.29, 0.717) is 5.92 Å². The van der Waals surface area contributed by atoms with E-state index < -0.39 is 0 Å². The molecule has 2 saturated carbocycles. The number of rotatable bonds is 3. The fraction of sp³-hybridized carbons (Fsp3) is 0.938. The first-order chi connectivity index (χ1) is 9.16. The molecule has 3 N–H and O–H groups in total. The smallest absolute Gasteiger partial charge is 0.224 e. The maximum atomic E-state index is 12.3. The highest BCUT2D eigenvalue weighted by Gasteiger charge is 2.27. The Morgan fingerprint density at radius 1 is 1.05 bits per heavy atom. The van der Waals surface area contributed by atoms with Crippen LogP contribution >= 0.6 is 0 Å². The number of hydrogen-bond acceptors (Lipinski definition) is 2. The second-order valence-corrected chi connectivity index (χ2v) is 6.78. The van der Waals surface area contributed by atoms with Gasteiger partial charge in [-0.25, -0.2) is 0 Å². The van der Waals surface area contributed by atoms with E-state index in [1.165, 1.54) is 38.5 Å². The minimum absolute atomic E-state index is 0.0602. The molecule has 1 amide bonds. The summed E-state index contributed by atoms with van der Waals surface area (Å²) in [7, 11) is 0. The van der Waals surface area contributed by atoms with Gasteiger partial charge in [0.2, 0.25) is 5.91 Å². The molecule has 0 radical (unpaired) electrons. The highest BCUT2D eigenvalue weighted by molar-refractivity contribution is 5.79. The zero-order valence-corrected chi connectivity index (χ0v) is 12.4. The van der Waals surface area contributed by atoms with Gasteiger partial charge in [-0.1, -0.05) is 39.0 Å². The lowest BCUT2D eigenvalue weighted by atomic mass is 9.83. The molecule has 2 aliphatic rings. The van der Waals surface area contributed by atoms with E-state index in [1.54, 1.807) is 0 Å². The van der Waals surface area contributed by atoms with Crippen LogP contribution in [0.1, 0.15) is 64.7 Å². The van der Waals surface area contributed by atoms with E-state index in [4.69, 9.17) is 5.73 Å². The average molecular weight is 266 g/mol. The van der Waals surface area contributed by atoms with Gasteiger partial charge in [-0.15, -0.1) is 0 Å². The number of hydrogen-bond donors (Lipinski definition) is 2. The summed E-state index contributed by atoms with van der Waals surface area (Å²) < 4.78 is 0. The summed E-state index contributed by atoms with van der Waals surface area (Å²) in [6.45, 7) is 3.20. The van der Waals surface area contributed by atoms with E-state index in [1.807, 2.05) is 0 Å². The highest BCUT2D eigenvalue weighted by Crippen LogP contribution is 2.28. The van der Waals surface area contributed by atoms with Gasteiger partial charge in [0.1, 0.15) is 0 Å². The molecule has 2 fully saturated rings. The van der Waals surface area contributed by atoms with Gasteiger partial charge in [-0.05, 0) is 37.5 Å². The summed E-state index contributed by atoms with van der Waals surface area (Å²) in [4.78, 5) is 12.3. The molecular formula is C16H30N2O. The minimum Gasteiger partial charge on any atom is -0.356 e. The van der Waals surface area contributed by atoms with Gasteiger partial charge in [0.15, 0.2) is 0 Å². The van der Waals surface area contributed by atoms with Crippen LogP contribution in [0.2, 0.25) is 0 Å². The molecule has 0 aromatic carbocycles. The Bertz CT molecular complexity index is 284. The molecule has 0 aromatic heterocycles. The Morgan fingerprint density at radius 2 is 1.74 bits per heavy atom. The largest absolute Gasteiger partial charge is 0.356 e. The molecule has 2 rings (SSSR count). The molecule has 2 unspecified atom stereocenters. The molecule has 19 heavy (non-hydrogen) atoms. The van der Waals surface area contributed by atoms with Gasteiger partial charge >= 0.3 is 0 Å². The fourth-order valence-electron chi connectivity index (χ4n) is 3.57. The Hall–Kier alpha value is -0.570. The summed E-state index contributed by atoms with van der Waals surface area (Å²) >= 11 is 0. The Labute approximate surface area is 117 Å². The fourth-order valence-corrected chi connectivity index (χ4v) is 3.57. The lowest BCUT2D eigenvalue weighted by molar-refractivity contribution is -0.126. The normalized spacial score (nSPS) is 36.5. The van der Waals surface area contributed by atoms with Crippen molar-refractivity contribution in [3.8, 4) is 0 Å². The molecule has 2 aliphatic carbocycles. The van der Waals surface area contributed by atoms with E-state index in [0.717, 1.165) is 31.7 Å². The first kappa shape index (κ1) is 14.8. The van der Waals surface area contributed by atoms with Crippen LogP contribution in [0.3, 0.4) is 0 Å². The SMILES string of the molecule is CC1CCC(CNC(=O)C2CCCCCC2N)CC1. The number of nitrogens with one attached hydrogen (secondary N) is 1. The van der Waals surface area contributed by atoms with Gasteiger partial charge in [0.25, 0.3) is 0 Å². The minimum atomic E-state index is 0.0602. The lowest BCUT2D eigenvalue weighted by Gasteiger charge is -2.27. The molecule has 0 bridgehead atoms. The Kier molecular flexibility index (Phi) is 5.68. The second kappa shape index (κ2) is 7.28. The van der Waals surface area contributed by atoms with Crippen molar-refractivity contribution in [3.63, 3.8) is 0 Å². The van der Waals surface area contributed by atoms with Crippen molar-refractivity contribution >= 4 is 5.91 Å². The predicted octanol–water partition coefficient (Wildman–Crippen LogP) is 2.84. The van der Waals surface area contributed by atoms with Gasteiger partial charge < -0.3 is 11.1 Å². The molecule has 3 nitrogen and oxygen atoms in total. The van der Waals surface area contributed by atoms with Crippen molar-refractivity contribution in [3.05, 3.63) is 0 Å². The third kappa shape index (κ3) is 4.48. The van der Waals surface area contributed by atoms with E-state index >= 15 is 0 Å². The first-order valence-corrected chi connectivity index (χ1v) is 8.20. The monoisotopic (exact) mass is 266 g/mol. The molecule has 0 aromatic rings. The Balaban J connectivity index is 1.73. The van der Waals surface area contributed by atoms with Crippen molar-refractivity contribution in [1.29, 1.82) is 0 Å². The first-order valence-electron chi connectivity index (χ1n) is 8.20. The molecule has 110 valence electrons. The van der Waals surface area contributed by atoms with Crippen molar-refractivity contribution in [2.45, 2.75) is 70.8 Å². The second-order valence-electron chi connectivity index (χ2n) is 6.78. The predicted molar refractivity (Wildman–Crippen MR) is 78.7 cm³/mol. The zero-order chi connectivity index (χ0) is 13.7. The third-order valence-corrected chi connectivity index (χ3v) is 5.11. The molecule has 3 heteroatoms. The maximum Gasteiger partial charge on any atom is 0.224 e. The van der Waals surface area contributed by atoms with Crippen LogP contribution in [-0.4, -0.2) is 18.5 Å². The average Bonchev–Trinajstić information content (AvgIpc) is 2.62. The number of amides is 1. The number of nitrogens with two attached hydrogens (primary N) is 1. The number of carbonyl (C=O) groups is 1. The van der Waals surface area contributed by atoms with E-state index in [2.05, 4.69) is 12.2 Å². The van der Waals surface area contributed by atoms with Gasteiger partial charge in [-0.3, -0.25) is 4.79 Å². The van der Waals surface area contributed by atoms with Crippen LogP contribution in [0.25, 0.3) is 0 Å². The van der Waals surface area contributed by atoms with Crippen LogP contribution < -0.4 is 11.1 Å². The molecule has 0 heterocycles. The van der Waals surface area contributed by atoms with Crippen LogP contribution in [0.4, 0.5) is 0 Å². The number of carbonyl (C=O) groups excluding carboxylic acids is 1. The summed E-state index contributed by atoms with van der Waals surface area (Å²) in [5, 5.41) is 3.18. The van der Waals surface area contributed by atoms with E-state index in [-0.39, 0.29) is 17.9 Å². The molecular weight excluding hydrogens is 236 g/mol. The van der Waals surface area contributed by atoms with Crippen LogP contribution in [0.5, 0.6) is 0 Å². The van der Waals surface area contributed by atoms with Crippen LogP contribution in [0.15, 0.2) is 0 Å². The highest BCUT2D eigenvalue weighted by atomic mass is 16.1. The zero-order valence-electron chi connectivity index (χ0n) is 12.4. The summed E-state index contributed by atoms with van der Waals surface area (Å²) in [5.74, 6) is 1.85. The van der Waals surface area contributed by atoms with Crippen molar-refractivity contribution in [2.24, 2.45) is 23.5 Å². The summed E-state index contributed by atoms with van der Waals surface area (Å²) in [6, 6.07) is 0.0777. The van der Waals surface area contributed by atoms with Crippen LogP contribution in [0, 0.1) is 17.8 Å². The van der Waals surface area contributed by atoms with Crippen molar-refractivity contribution in [2.75, 3.05) is 6.54 Å². The van der Waals surface area contributed by atoms with E-state index in [9.17, 15) is 4.79 Å².